The van der Waals surface area contributed by atoms with E-state index in [-0.39, 0.29) is 0 Å². The van der Waals surface area contributed by atoms with E-state index in [0.717, 1.165) is 22.2 Å². The fraction of sp³-hybridized carbons (Fsp3) is 0.120. The molecular weight excluding hydrogens is 449 g/mol. The Morgan fingerprint density at radius 2 is 2.03 bits per heavy atom. The largest absolute Gasteiger partial charge is 0.391 e. The van der Waals surface area contributed by atoms with Crippen LogP contribution in [0.3, 0.4) is 0 Å². The number of halogens is 1. The first-order valence-electron chi connectivity index (χ1n) is 10.3. The molecule has 9 heteroatoms. The summed E-state index contributed by atoms with van der Waals surface area (Å²) in [5, 5.41) is 8.40. The first-order valence-corrected chi connectivity index (χ1v) is 11.1. The van der Waals surface area contributed by atoms with Crippen molar-refractivity contribution in [3.05, 3.63) is 95.6 Å². The Hall–Kier alpha value is -4.11. The molecule has 3 N–H and O–H groups in total. The maximum atomic E-state index is 13.6. The SMILES string of the molecule is C=C/C(F)=C\C=C(/C)n1ncc(C(=NC)NC(=C)c2ccc(N)s2)c1N=Cc1ccc(C)nc1. The molecule has 34 heavy (non-hydrogen) atoms. The van der Waals surface area contributed by atoms with E-state index in [9.17, 15) is 4.39 Å². The Morgan fingerprint density at radius 3 is 2.65 bits per heavy atom. The van der Waals surface area contributed by atoms with Crippen LogP contribution in [-0.4, -0.2) is 33.9 Å². The van der Waals surface area contributed by atoms with Gasteiger partial charge in [-0.05, 0) is 50.3 Å². The predicted molar refractivity (Wildman–Crippen MR) is 141 cm³/mol. The van der Waals surface area contributed by atoms with Crippen LogP contribution in [0.4, 0.5) is 15.2 Å². The van der Waals surface area contributed by atoms with E-state index in [1.165, 1.54) is 17.4 Å². The third-order valence-electron chi connectivity index (χ3n) is 4.70. The maximum Gasteiger partial charge on any atom is 0.166 e. The Balaban J connectivity index is 2.03. The van der Waals surface area contributed by atoms with Crippen LogP contribution >= 0.6 is 11.3 Å². The normalized spacial score (nSPS) is 12.9. The van der Waals surface area contributed by atoms with Gasteiger partial charge in [-0.2, -0.15) is 5.10 Å². The van der Waals surface area contributed by atoms with Crippen LogP contribution in [0.25, 0.3) is 11.4 Å². The number of amidine groups is 1. The van der Waals surface area contributed by atoms with Gasteiger partial charge in [0, 0.05) is 42.1 Å². The van der Waals surface area contributed by atoms with E-state index in [1.54, 1.807) is 43.3 Å². The number of aryl methyl sites for hydroxylation is 1. The minimum Gasteiger partial charge on any atom is -0.391 e. The lowest BCUT2D eigenvalue weighted by molar-refractivity contribution is 0.667. The lowest BCUT2D eigenvalue weighted by Crippen LogP contribution is -2.22. The highest BCUT2D eigenvalue weighted by molar-refractivity contribution is 7.16. The van der Waals surface area contributed by atoms with Crippen LogP contribution in [0.2, 0.25) is 0 Å². The van der Waals surface area contributed by atoms with E-state index in [2.05, 4.69) is 38.5 Å². The number of pyridine rings is 1. The van der Waals surface area contributed by atoms with Crippen molar-refractivity contribution < 1.29 is 4.39 Å². The molecule has 0 aliphatic rings. The fourth-order valence-electron chi connectivity index (χ4n) is 2.88. The zero-order valence-corrected chi connectivity index (χ0v) is 20.1. The molecule has 0 aliphatic carbocycles. The quantitative estimate of drug-likeness (QED) is 0.255. The monoisotopic (exact) mass is 475 g/mol. The van der Waals surface area contributed by atoms with Crippen molar-refractivity contribution in [1.29, 1.82) is 0 Å². The highest BCUT2D eigenvalue weighted by atomic mass is 32.1. The van der Waals surface area contributed by atoms with Crippen LogP contribution in [0.15, 0.2) is 83.9 Å². The summed E-state index contributed by atoms with van der Waals surface area (Å²) in [5.41, 5.74) is 9.53. The number of aliphatic imine (C=N–C) groups is 2. The van der Waals surface area contributed by atoms with Gasteiger partial charge >= 0.3 is 0 Å². The van der Waals surface area contributed by atoms with Gasteiger partial charge in [-0.15, -0.1) is 11.3 Å². The number of aromatic nitrogens is 3. The van der Waals surface area contributed by atoms with Crippen molar-refractivity contribution >= 4 is 45.6 Å². The van der Waals surface area contributed by atoms with Crippen molar-refractivity contribution in [2.75, 3.05) is 12.8 Å². The number of hydrogen-bond acceptors (Lipinski definition) is 6. The van der Waals surface area contributed by atoms with Crippen LogP contribution in [0, 0.1) is 6.92 Å². The Bertz CT molecular complexity index is 1310. The summed E-state index contributed by atoms with van der Waals surface area (Å²) in [5.74, 6) is 0.581. The number of hydrogen-bond donors (Lipinski definition) is 2. The Labute approximate surface area is 202 Å². The summed E-state index contributed by atoms with van der Waals surface area (Å²) in [6.45, 7) is 11.3. The number of nitrogens with zero attached hydrogens (tertiary/aromatic N) is 5. The zero-order chi connectivity index (χ0) is 24.7. The summed E-state index contributed by atoms with van der Waals surface area (Å²) in [4.78, 5) is 14.3. The molecule has 0 aliphatic heterocycles. The van der Waals surface area contributed by atoms with E-state index < -0.39 is 5.83 Å². The van der Waals surface area contributed by atoms with E-state index in [1.807, 2.05) is 31.2 Å². The van der Waals surface area contributed by atoms with Crippen molar-refractivity contribution in [2.45, 2.75) is 13.8 Å². The maximum absolute atomic E-state index is 13.6. The van der Waals surface area contributed by atoms with Crippen molar-refractivity contribution in [2.24, 2.45) is 9.98 Å². The minimum atomic E-state index is -0.452. The average molecular weight is 476 g/mol. The number of thiophene rings is 1. The molecular formula is C25H26FN7S. The minimum absolute atomic E-state index is 0.452. The van der Waals surface area contributed by atoms with Crippen LogP contribution in [0.1, 0.15) is 28.6 Å². The van der Waals surface area contributed by atoms with Gasteiger partial charge in [0.2, 0.25) is 0 Å². The molecule has 3 aromatic heterocycles. The molecule has 0 saturated carbocycles. The molecule has 0 saturated heterocycles. The highest BCUT2D eigenvalue weighted by Gasteiger charge is 2.17. The first kappa shape index (κ1) is 24.5. The first-order chi connectivity index (χ1) is 16.3. The summed E-state index contributed by atoms with van der Waals surface area (Å²) < 4.78 is 15.2. The molecule has 7 nitrogen and oxygen atoms in total. The number of nitrogen functional groups attached to an aromatic ring is 1. The van der Waals surface area contributed by atoms with Gasteiger partial charge in [0.1, 0.15) is 11.7 Å². The number of nitrogens with one attached hydrogen (secondary N) is 1. The number of rotatable bonds is 8. The average Bonchev–Trinajstić information content (AvgIpc) is 3.46. The summed E-state index contributed by atoms with van der Waals surface area (Å²) in [6.07, 6.45) is 9.13. The van der Waals surface area contributed by atoms with Gasteiger partial charge in [-0.1, -0.05) is 19.2 Å². The zero-order valence-electron chi connectivity index (χ0n) is 19.3. The molecule has 0 amide bonds. The summed E-state index contributed by atoms with van der Waals surface area (Å²) in [6, 6.07) is 7.55. The molecule has 3 aromatic rings. The standard InChI is InChI=1S/C25H26FN7S/c1-6-20(26)10-8-17(3)33-25(30-14-19-9-7-16(2)29-13-19)21(15-31-33)24(28-5)32-18(4)22-11-12-23(27)34-22/h6-15H,1,4,27H2,2-3,5H3,(H,28,32)/b17-8+,20-10+,30-14?. The molecule has 0 radical (unpaired) electrons. The molecule has 174 valence electrons. The van der Waals surface area contributed by atoms with Crippen molar-refractivity contribution in [1.82, 2.24) is 20.1 Å². The van der Waals surface area contributed by atoms with Gasteiger partial charge in [0.25, 0.3) is 0 Å². The Morgan fingerprint density at radius 1 is 1.24 bits per heavy atom. The van der Waals surface area contributed by atoms with E-state index in [0.29, 0.717) is 33.6 Å². The Kier molecular flexibility index (Phi) is 8.05. The molecule has 0 spiro atoms. The second-order valence-corrected chi connectivity index (χ2v) is 8.34. The van der Waals surface area contributed by atoms with Crippen LogP contribution in [0.5, 0.6) is 0 Å². The molecule has 3 heterocycles. The van der Waals surface area contributed by atoms with Crippen molar-refractivity contribution in [3.8, 4) is 0 Å². The molecule has 0 aromatic carbocycles. The fourth-order valence-corrected chi connectivity index (χ4v) is 3.59. The van der Waals surface area contributed by atoms with E-state index in [4.69, 9.17) is 5.73 Å². The van der Waals surface area contributed by atoms with Gasteiger partial charge in [0.15, 0.2) is 5.82 Å². The molecule has 0 atom stereocenters. The lowest BCUT2D eigenvalue weighted by Gasteiger charge is -2.11. The second kappa shape index (κ2) is 11.2. The molecule has 3 rings (SSSR count). The van der Waals surface area contributed by atoms with Crippen LogP contribution < -0.4 is 11.1 Å². The van der Waals surface area contributed by atoms with Crippen molar-refractivity contribution in [3.63, 3.8) is 0 Å². The molecule has 0 fully saturated rings. The lowest BCUT2D eigenvalue weighted by atomic mass is 10.2. The smallest absolute Gasteiger partial charge is 0.166 e. The number of anilines is 1. The summed E-state index contributed by atoms with van der Waals surface area (Å²) in [7, 11) is 1.66. The van der Waals surface area contributed by atoms with Gasteiger partial charge in [-0.25, -0.2) is 14.1 Å². The van der Waals surface area contributed by atoms with E-state index >= 15 is 0 Å². The molecule has 0 bridgehead atoms. The van der Waals surface area contributed by atoms with Crippen LogP contribution in [-0.2, 0) is 0 Å². The topological polar surface area (TPSA) is 93.5 Å². The van der Waals surface area contributed by atoms with Gasteiger partial charge in [0.05, 0.1) is 21.6 Å². The second-order valence-electron chi connectivity index (χ2n) is 7.23. The molecule has 0 unspecified atom stereocenters. The summed E-state index contributed by atoms with van der Waals surface area (Å²) >= 11 is 1.42. The highest BCUT2D eigenvalue weighted by Crippen LogP contribution is 2.26. The third-order valence-corrected chi connectivity index (χ3v) is 5.67. The van der Waals surface area contributed by atoms with Gasteiger partial charge < -0.3 is 11.1 Å². The predicted octanol–water partition coefficient (Wildman–Crippen LogP) is 5.52. The third kappa shape index (κ3) is 6.02. The van der Waals surface area contributed by atoms with Gasteiger partial charge in [-0.3, -0.25) is 9.98 Å². The number of nitrogens with two attached hydrogens (primary N) is 1. The number of allylic oxidation sites excluding steroid dienone is 5.